The zero-order valence-corrected chi connectivity index (χ0v) is 5.12. The van der Waals surface area contributed by atoms with E-state index in [0.29, 0.717) is 0 Å². The predicted molar refractivity (Wildman–Crippen MR) is 26.9 cm³/mol. The fourth-order valence-corrected chi connectivity index (χ4v) is 0.268. The van der Waals surface area contributed by atoms with E-state index < -0.39 is 19.1 Å². The molecule has 1 unspecified atom stereocenters. The van der Waals surface area contributed by atoms with Crippen molar-refractivity contribution in [1.29, 1.82) is 0 Å². The van der Waals surface area contributed by atoms with Gasteiger partial charge in [0.1, 0.15) is 6.61 Å². The molecule has 5 heteroatoms. The highest BCUT2D eigenvalue weighted by molar-refractivity contribution is 4.49. The van der Waals surface area contributed by atoms with Crippen LogP contribution in [0.3, 0.4) is 0 Å². The summed E-state index contributed by atoms with van der Waals surface area (Å²) in [6.45, 7) is 1.47. The summed E-state index contributed by atoms with van der Waals surface area (Å²) in [6, 6.07) is 0. The van der Waals surface area contributed by atoms with E-state index >= 15 is 0 Å². The fourth-order valence-electron chi connectivity index (χ4n) is 0.268. The molecule has 1 nitrogen and oxygen atoms in total. The minimum atomic E-state index is -4.46. The van der Waals surface area contributed by atoms with E-state index in [1.807, 2.05) is 0 Å². The van der Waals surface area contributed by atoms with Gasteiger partial charge in [0.2, 0.25) is 0 Å². The third kappa shape index (κ3) is 5.81. The molecule has 0 aliphatic heterocycles. The number of hydrogen-bond donors (Lipinski definition) is 0. The largest absolute Gasteiger partial charge is 0.411 e. The van der Waals surface area contributed by atoms with Crippen LogP contribution in [0.25, 0.3) is 0 Å². The molecule has 61 valence electrons. The molecule has 0 heterocycles. The molecule has 1 atom stereocenters. The summed E-state index contributed by atoms with van der Waals surface area (Å²) >= 11 is 0. The molecule has 1 radical (unpaired) electrons. The Bertz CT molecular complexity index is 90.1. The minimum Gasteiger partial charge on any atom is -0.339 e. The third-order valence-corrected chi connectivity index (χ3v) is 0.655. The van der Waals surface area contributed by atoms with Gasteiger partial charge in [-0.15, -0.1) is 0 Å². The van der Waals surface area contributed by atoms with Crippen molar-refractivity contribution in [2.45, 2.75) is 19.0 Å². The molecule has 0 saturated heterocycles. The maximum Gasteiger partial charge on any atom is 0.411 e. The Balaban J connectivity index is 3.36. The summed E-state index contributed by atoms with van der Waals surface area (Å²) in [5.74, 6) is 0. The van der Waals surface area contributed by atoms with Crippen molar-refractivity contribution < 1.29 is 22.3 Å². The van der Waals surface area contributed by atoms with E-state index in [-0.39, 0.29) is 6.42 Å². The summed E-state index contributed by atoms with van der Waals surface area (Å²) in [7, 11) is 0. The van der Waals surface area contributed by atoms with Crippen LogP contribution in [0.5, 0.6) is 0 Å². The third-order valence-electron chi connectivity index (χ3n) is 0.655. The average Bonchev–Trinajstić information content (AvgIpc) is 1.81. The molecule has 0 spiro atoms. The molecule has 0 amide bonds. The molecule has 0 N–H and O–H groups in total. The molecule has 0 aromatic heterocycles. The van der Waals surface area contributed by atoms with Gasteiger partial charge in [0.25, 0.3) is 0 Å². The summed E-state index contributed by atoms with van der Waals surface area (Å²) in [5, 5.41) is 0. The van der Waals surface area contributed by atoms with E-state index in [1.165, 1.54) is 0 Å². The first-order chi connectivity index (χ1) is 4.45. The lowest BCUT2D eigenvalue weighted by molar-refractivity contribution is -0.200. The van der Waals surface area contributed by atoms with Crippen LogP contribution in [0.2, 0.25) is 0 Å². The van der Waals surface area contributed by atoms with Gasteiger partial charge in [0, 0.05) is 6.42 Å². The standard InChI is InChI=1S/C5H7F4O/c1-2-4(6)10-3-5(7,8)9/h4H,1-3H2. The van der Waals surface area contributed by atoms with Gasteiger partial charge in [-0.1, -0.05) is 0 Å². The Morgan fingerprint density at radius 1 is 1.40 bits per heavy atom. The van der Waals surface area contributed by atoms with Gasteiger partial charge >= 0.3 is 6.18 Å². The lowest BCUT2D eigenvalue weighted by atomic mass is 10.5. The lowest BCUT2D eigenvalue weighted by Gasteiger charge is -2.09. The Labute approximate surface area is 56.0 Å². The van der Waals surface area contributed by atoms with Crippen molar-refractivity contribution in [3.05, 3.63) is 6.92 Å². The normalized spacial score (nSPS) is 15.3. The molecular formula is C5H7F4O. The van der Waals surface area contributed by atoms with Crippen molar-refractivity contribution in [2.75, 3.05) is 6.61 Å². The van der Waals surface area contributed by atoms with Crippen LogP contribution in [0, 0.1) is 6.92 Å². The smallest absolute Gasteiger partial charge is 0.339 e. The van der Waals surface area contributed by atoms with Gasteiger partial charge in [-0.2, -0.15) is 13.2 Å². The highest BCUT2D eigenvalue weighted by Crippen LogP contribution is 2.16. The molecule has 0 aliphatic carbocycles. The second-order valence-electron chi connectivity index (χ2n) is 1.62. The maximum absolute atomic E-state index is 11.9. The highest BCUT2D eigenvalue weighted by atomic mass is 19.4. The zero-order valence-electron chi connectivity index (χ0n) is 5.12. The summed E-state index contributed by atoms with van der Waals surface area (Å²) in [5.41, 5.74) is 0. The summed E-state index contributed by atoms with van der Waals surface area (Å²) in [6.07, 6.45) is -6.68. The monoisotopic (exact) mass is 159 g/mol. The molecule has 10 heavy (non-hydrogen) atoms. The SMILES string of the molecule is [CH2]CC(F)OCC(F)(F)F. The Morgan fingerprint density at radius 2 is 1.90 bits per heavy atom. The van der Waals surface area contributed by atoms with E-state index in [4.69, 9.17) is 0 Å². The molecule has 0 aromatic carbocycles. The summed E-state index contributed by atoms with van der Waals surface area (Å²) in [4.78, 5) is 0. The number of halogens is 4. The quantitative estimate of drug-likeness (QED) is 0.573. The minimum absolute atomic E-state index is 0.309. The Kier molecular flexibility index (Phi) is 3.63. The molecule has 0 saturated carbocycles. The number of hydrogen-bond acceptors (Lipinski definition) is 1. The number of rotatable bonds is 3. The van der Waals surface area contributed by atoms with Gasteiger partial charge in [-0.05, 0) is 6.92 Å². The number of ether oxygens (including phenoxy) is 1. The van der Waals surface area contributed by atoms with Gasteiger partial charge < -0.3 is 4.74 Å². The van der Waals surface area contributed by atoms with E-state index in [9.17, 15) is 17.6 Å². The van der Waals surface area contributed by atoms with Crippen LogP contribution < -0.4 is 0 Å². The molecule has 0 bridgehead atoms. The highest BCUT2D eigenvalue weighted by Gasteiger charge is 2.28. The maximum atomic E-state index is 11.9. The molecule has 0 aromatic rings. The van der Waals surface area contributed by atoms with E-state index in [0.717, 1.165) is 0 Å². The van der Waals surface area contributed by atoms with Crippen LogP contribution in [0.4, 0.5) is 17.6 Å². The Morgan fingerprint density at radius 3 is 2.20 bits per heavy atom. The predicted octanol–water partition coefficient (Wildman–Crippen LogP) is 2.09. The average molecular weight is 159 g/mol. The van der Waals surface area contributed by atoms with Crippen LogP contribution in [0.1, 0.15) is 6.42 Å². The fraction of sp³-hybridized carbons (Fsp3) is 0.800. The summed E-state index contributed by atoms with van der Waals surface area (Å²) < 4.78 is 49.3. The van der Waals surface area contributed by atoms with Crippen LogP contribution in [-0.4, -0.2) is 19.1 Å². The van der Waals surface area contributed by atoms with Gasteiger partial charge in [0.05, 0.1) is 0 Å². The van der Waals surface area contributed by atoms with Crippen molar-refractivity contribution in [2.24, 2.45) is 0 Å². The lowest BCUT2D eigenvalue weighted by Crippen LogP contribution is -2.20. The van der Waals surface area contributed by atoms with Crippen LogP contribution in [-0.2, 0) is 4.74 Å². The van der Waals surface area contributed by atoms with Crippen molar-refractivity contribution in [3.8, 4) is 0 Å². The van der Waals surface area contributed by atoms with Crippen molar-refractivity contribution in [3.63, 3.8) is 0 Å². The van der Waals surface area contributed by atoms with Crippen LogP contribution >= 0.6 is 0 Å². The van der Waals surface area contributed by atoms with Gasteiger partial charge in [0.15, 0.2) is 6.36 Å². The van der Waals surface area contributed by atoms with E-state index in [1.54, 1.807) is 0 Å². The first-order valence-corrected chi connectivity index (χ1v) is 2.57. The first kappa shape index (κ1) is 9.68. The molecule has 0 aliphatic rings. The van der Waals surface area contributed by atoms with E-state index in [2.05, 4.69) is 11.7 Å². The van der Waals surface area contributed by atoms with Gasteiger partial charge in [-0.3, -0.25) is 0 Å². The molecular weight excluding hydrogens is 152 g/mol. The molecule has 0 rings (SSSR count). The first-order valence-electron chi connectivity index (χ1n) is 2.57. The second-order valence-corrected chi connectivity index (χ2v) is 1.62. The zero-order chi connectivity index (χ0) is 8.20. The van der Waals surface area contributed by atoms with Gasteiger partial charge in [-0.25, -0.2) is 4.39 Å². The van der Waals surface area contributed by atoms with Crippen molar-refractivity contribution >= 4 is 0 Å². The molecule has 0 fully saturated rings. The van der Waals surface area contributed by atoms with Crippen LogP contribution in [0.15, 0.2) is 0 Å². The Hall–Kier alpha value is -0.320. The topological polar surface area (TPSA) is 9.23 Å². The number of alkyl halides is 4. The van der Waals surface area contributed by atoms with Crippen molar-refractivity contribution in [1.82, 2.24) is 0 Å². The second kappa shape index (κ2) is 3.75.